The summed E-state index contributed by atoms with van der Waals surface area (Å²) in [5.41, 5.74) is 4.06. The molecule has 4 aliphatic heterocycles. The topological polar surface area (TPSA) is 97.5 Å². The molecule has 3 fully saturated rings. The summed E-state index contributed by atoms with van der Waals surface area (Å²) < 4.78 is 7.02. The maximum atomic E-state index is 13.9. The molecule has 45 heavy (non-hydrogen) atoms. The Hall–Kier alpha value is -3.15. The smallest absolute Gasteiger partial charge is 0.410 e. The lowest BCUT2D eigenvalue weighted by molar-refractivity contribution is -0.142. The van der Waals surface area contributed by atoms with E-state index in [1.165, 1.54) is 0 Å². The van der Waals surface area contributed by atoms with Gasteiger partial charge in [0.1, 0.15) is 0 Å². The predicted molar refractivity (Wildman–Crippen MR) is 177 cm³/mol. The number of piperazine rings is 1. The Bertz CT molecular complexity index is 1370. The number of carbonyl (C=O) groups excluding carboxylic acids is 3. The van der Waals surface area contributed by atoms with Gasteiger partial charge in [0.15, 0.2) is 6.10 Å². The minimum atomic E-state index is -0.893. The van der Waals surface area contributed by atoms with Crippen molar-refractivity contribution in [2.45, 2.75) is 63.6 Å². The normalized spacial score (nSPS) is 21.1. The number of hydrogen-bond acceptors (Lipinski definition) is 6. The summed E-state index contributed by atoms with van der Waals surface area (Å²) in [4.78, 5) is 48.5. The van der Waals surface area contributed by atoms with E-state index in [2.05, 4.69) is 37.5 Å². The molecule has 0 bridgehead atoms. The Morgan fingerprint density at radius 1 is 0.911 bits per heavy atom. The Labute approximate surface area is 274 Å². The van der Waals surface area contributed by atoms with E-state index in [1.54, 1.807) is 4.90 Å². The number of rotatable bonds is 6. The maximum Gasteiger partial charge on any atom is 0.410 e. The molecule has 3 saturated heterocycles. The van der Waals surface area contributed by atoms with Crippen LogP contribution in [0, 0.1) is 6.92 Å². The molecule has 2 N–H and O–H groups in total. The number of amides is 4. The van der Waals surface area contributed by atoms with Crippen molar-refractivity contribution in [3.8, 4) is 0 Å². The highest BCUT2D eigenvalue weighted by Crippen LogP contribution is 2.26. The van der Waals surface area contributed by atoms with E-state index in [0.29, 0.717) is 58.0 Å². The number of para-hydroxylation sites is 1. The van der Waals surface area contributed by atoms with Crippen LogP contribution in [0.25, 0.3) is 0 Å². The number of piperidine rings is 2. The van der Waals surface area contributed by atoms with E-state index in [0.717, 1.165) is 72.3 Å². The van der Waals surface area contributed by atoms with Crippen LogP contribution < -0.4 is 10.6 Å². The van der Waals surface area contributed by atoms with Gasteiger partial charge in [-0.05, 0) is 67.9 Å². The van der Waals surface area contributed by atoms with Gasteiger partial charge in [0.25, 0.3) is 5.91 Å². The largest absolute Gasteiger partial charge is 0.436 e. The first-order chi connectivity index (χ1) is 21.9. The molecule has 4 aliphatic rings. The van der Waals surface area contributed by atoms with Gasteiger partial charge >= 0.3 is 12.1 Å². The summed E-state index contributed by atoms with van der Waals surface area (Å²) in [6, 6.07) is 14.4. The van der Waals surface area contributed by atoms with E-state index in [4.69, 9.17) is 4.74 Å². The van der Waals surface area contributed by atoms with Gasteiger partial charge in [0.05, 0.1) is 0 Å². The standard InChI is InChI=1S/C34H45BrN6O4/c1-24-6-7-25(22-29(24)35)23-31(32(42)39-15-9-27(10-16-39)38-20-13-36-14-21-38)45-34(44)40-17-11-28(12-18-40)41-19-8-26-4-2-3-5-30(26)37-33(41)43/h2-7,22,27-28,31,36H,8-21,23H2,1H3,(H,37,43). The number of ether oxygens (including phenoxy) is 1. The first-order valence-electron chi connectivity index (χ1n) is 16.5. The number of nitrogens with zero attached hydrogens (tertiary/aromatic N) is 4. The molecule has 4 heterocycles. The minimum Gasteiger partial charge on any atom is -0.436 e. The molecule has 0 aromatic heterocycles. The molecule has 0 radical (unpaired) electrons. The molecular formula is C34H45BrN6O4. The molecule has 0 saturated carbocycles. The van der Waals surface area contributed by atoms with Gasteiger partial charge in [-0.15, -0.1) is 0 Å². The van der Waals surface area contributed by atoms with Gasteiger partial charge < -0.3 is 30.1 Å². The van der Waals surface area contributed by atoms with Crippen molar-refractivity contribution in [2.24, 2.45) is 0 Å². The Balaban J connectivity index is 1.07. The third-order valence-corrected chi connectivity index (χ3v) is 10.8. The van der Waals surface area contributed by atoms with Crippen LogP contribution in [-0.2, 0) is 22.4 Å². The minimum absolute atomic E-state index is 0.0441. The van der Waals surface area contributed by atoms with Crippen molar-refractivity contribution in [3.05, 3.63) is 63.6 Å². The second kappa shape index (κ2) is 14.5. The highest BCUT2D eigenvalue weighted by Gasteiger charge is 2.36. The number of urea groups is 1. The van der Waals surface area contributed by atoms with E-state index in [1.807, 2.05) is 53.1 Å². The molecule has 1 unspecified atom stereocenters. The highest BCUT2D eigenvalue weighted by atomic mass is 79.9. The highest BCUT2D eigenvalue weighted by molar-refractivity contribution is 9.10. The van der Waals surface area contributed by atoms with Gasteiger partial charge in [0, 0.05) is 87.6 Å². The van der Waals surface area contributed by atoms with Gasteiger partial charge in [0.2, 0.25) is 0 Å². The SMILES string of the molecule is Cc1ccc(CC(OC(=O)N2CCC(N3CCc4ccccc4NC3=O)CC2)C(=O)N2CCC(N3CCNCC3)CC2)cc1Br. The van der Waals surface area contributed by atoms with Crippen LogP contribution in [0.4, 0.5) is 15.3 Å². The number of nitrogens with one attached hydrogen (secondary N) is 2. The van der Waals surface area contributed by atoms with E-state index < -0.39 is 12.2 Å². The van der Waals surface area contributed by atoms with Crippen molar-refractivity contribution >= 4 is 39.6 Å². The average Bonchev–Trinajstić information content (AvgIpc) is 3.24. The summed E-state index contributed by atoms with van der Waals surface area (Å²) in [5.74, 6) is -0.116. The lowest BCUT2D eigenvalue weighted by atomic mass is 10.0. The number of halogens is 1. The zero-order valence-electron chi connectivity index (χ0n) is 26.2. The zero-order chi connectivity index (χ0) is 31.3. The lowest BCUT2D eigenvalue weighted by Crippen LogP contribution is -2.54. The van der Waals surface area contributed by atoms with Crippen LogP contribution in [0.2, 0.25) is 0 Å². The Morgan fingerprint density at radius 3 is 2.33 bits per heavy atom. The number of benzene rings is 2. The molecule has 6 rings (SSSR count). The summed E-state index contributed by atoms with van der Waals surface area (Å²) in [5, 5.41) is 6.47. The third-order valence-electron chi connectivity index (χ3n) is 9.93. The average molecular weight is 682 g/mol. The van der Waals surface area contributed by atoms with Gasteiger partial charge in [-0.3, -0.25) is 9.69 Å². The summed E-state index contributed by atoms with van der Waals surface area (Å²) >= 11 is 3.61. The number of hydrogen-bond donors (Lipinski definition) is 2. The first kappa shape index (κ1) is 31.8. The second-order valence-electron chi connectivity index (χ2n) is 12.8. The van der Waals surface area contributed by atoms with Crippen molar-refractivity contribution in [2.75, 3.05) is 64.2 Å². The van der Waals surface area contributed by atoms with Gasteiger partial charge in [-0.1, -0.05) is 46.3 Å². The molecule has 11 heteroatoms. The van der Waals surface area contributed by atoms with Crippen molar-refractivity contribution in [1.29, 1.82) is 0 Å². The predicted octanol–water partition coefficient (Wildman–Crippen LogP) is 4.26. The Morgan fingerprint density at radius 2 is 1.60 bits per heavy atom. The molecule has 2 aromatic carbocycles. The fraction of sp³-hybridized carbons (Fsp3) is 0.559. The molecule has 0 spiro atoms. The van der Waals surface area contributed by atoms with Crippen molar-refractivity contribution in [3.63, 3.8) is 0 Å². The lowest BCUT2D eigenvalue weighted by Gasteiger charge is -2.41. The number of aryl methyl sites for hydroxylation is 1. The van der Waals surface area contributed by atoms with E-state index in [-0.39, 0.29) is 18.0 Å². The number of likely N-dealkylation sites (tertiary alicyclic amines) is 2. The van der Waals surface area contributed by atoms with Crippen LogP contribution >= 0.6 is 15.9 Å². The monoisotopic (exact) mass is 680 g/mol. The van der Waals surface area contributed by atoms with Crippen molar-refractivity contribution in [1.82, 2.24) is 24.9 Å². The van der Waals surface area contributed by atoms with Crippen LogP contribution in [0.1, 0.15) is 42.4 Å². The van der Waals surface area contributed by atoms with Gasteiger partial charge in [-0.25, -0.2) is 9.59 Å². The summed E-state index contributed by atoms with van der Waals surface area (Å²) in [6.45, 7) is 9.10. The molecule has 2 aromatic rings. The van der Waals surface area contributed by atoms with E-state index in [9.17, 15) is 14.4 Å². The molecule has 242 valence electrons. The number of anilines is 1. The molecule has 0 aliphatic carbocycles. The maximum absolute atomic E-state index is 13.9. The fourth-order valence-corrected chi connectivity index (χ4v) is 7.58. The van der Waals surface area contributed by atoms with Crippen LogP contribution in [0.15, 0.2) is 46.9 Å². The molecular weight excluding hydrogens is 636 g/mol. The summed E-state index contributed by atoms with van der Waals surface area (Å²) in [7, 11) is 0. The van der Waals surface area contributed by atoms with Gasteiger partial charge in [-0.2, -0.15) is 0 Å². The number of carbonyl (C=O) groups is 3. The number of fused-ring (bicyclic) bond motifs is 1. The first-order valence-corrected chi connectivity index (χ1v) is 17.2. The quantitative estimate of drug-likeness (QED) is 0.474. The molecule has 4 amide bonds. The van der Waals surface area contributed by atoms with Crippen molar-refractivity contribution < 1.29 is 19.1 Å². The van der Waals surface area contributed by atoms with Crippen LogP contribution in [-0.4, -0.2) is 115 Å². The zero-order valence-corrected chi connectivity index (χ0v) is 27.8. The summed E-state index contributed by atoms with van der Waals surface area (Å²) in [6.07, 6.45) is 2.98. The molecule has 1 atom stereocenters. The Kier molecular flexibility index (Phi) is 10.3. The van der Waals surface area contributed by atoms with Crippen LogP contribution in [0.5, 0.6) is 0 Å². The van der Waals surface area contributed by atoms with E-state index >= 15 is 0 Å². The fourth-order valence-electron chi connectivity index (χ4n) is 7.15. The molecule has 10 nitrogen and oxygen atoms in total. The third kappa shape index (κ3) is 7.64. The van der Waals surface area contributed by atoms with Crippen LogP contribution in [0.3, 0.4) is 0 Å². The second-order valence-corrected chi connectivity index (χ2v) is 13.6.